The highest BCUT2D eigenvalue weighted by atomic mass is 35.5. The van der Waals surface area contributed by atoms with E-state index in [1.54, 1.807) is 18.2 Å². The molecule has 0 saturated heterocycles. The number of esters is 1. The van der Waals surface area contributed by atoms with Crippen LogP contribution in [0.1, 0.15) is 45.9 Å². The van der Waals surface area contributed by atoms with Gasteiger partial charge in [0, 0.05) is 22.5 Å². The van der Waals surface area contributed by atoms with E-state index in [1.807, 2.05) is 61.9 Å². The molecule has 0 radical (unpaired) electrons. The molecule has 0 spiro atoms. The van der Waals surface area contributed by atoms with Crippen LogP contribution in [0.3, 0.4) is 0 Å². The van der Waals surface area contributed by atoms with Gasteiger partial charge in [0.25, 0.3) is 0 Å². The molecular weight excluding hydrogens is 580 g/mol. The van der Waals surface area contributed by atoms with Crippen molar-refractivity contribution in [3.63, 3.8) is 0 Å². The molecule has 0 fully saturated rings. The third kappa shape index (κ3) is 7.01. The van der Waals surface area contributed by atoms with Crippen molar-refractivity contribution < 1.29 is 19.1 Å². The molecule has 2 heterocycles. The first-order chi connectivity index (χ1) is 19.6. The molecule has 11 heteroatoms. The van der Waals surface area contributed by atoms with Gasteiger partial charge < -0.3 is 14.8 Å². The molecule has 0 bridgehead atoms. The number of anilines is 1. The second-order valence-electron chi connectivity index (χ2n) is 9.41. The standard InChI is InChI=1S/C30H31ClN4O4S2/c1-7-12-35-27(20(5)39-21-10-11-24(31)19(4)14-21)33-34-30(35)41-16-25(36)32-28-26(29(37)38-6)23(15-40-28)22-13-17(2)8-9-18(22)3/h7-11,13-15,20H,1,12,16H2,2-6H3,(H,32,36). The number of carbonyl (C=O) groups excluding carboxylic acids is 2. The minimum atomic E-state index is -0.509. The smallest absolute Gasteiger partial charge is 0.341 e. The molecule has 4 rings (SSSR count). The van der Waals surface area contributed by atoms with Crippen LogP contribution in [-0.2, 0) is 16.1 Å². The van der Waals surface area contributed by atoms with Crippen LogP contribution >= 0.6 is 34.7 Å². The van der Waals surface area contributed by atoms with Gasteiger partial charge >= 0.3 is 5.97 Å². The molecule has 41 heavy (non-hydrogen) atoms. The summed E-state index contributed by atoms with van der Waals surface area (Å²) in [5, 5.41) is 15.0. The zero-order chi connectivity index (χ0) is 29.7. The highest BCUT2D eigenvalue weighted by Gasteiger charge is 2.24. The van der Waals surface area contributed by atoms with Crippen molar-refractivity contribution in [1.82, 2.24) is 14.8 Å². The topological polar surface area (TPSA) is 95.3 Å². The number of amides is 1. The van der Waals surface area contributed by atoms with Crippen molar-refractivity contribution in [2.24, 2.45) is 0 Å². The number of hydrogen-bond acceptors (Lipinski definition) is 8. The number of nitrogens with zero attached hydrogens (tertiary/aromatic N) is 3. The summed E-state index contributed by atoms with van der Waals surface area (Å²) in [6.45, 7) is 12.1. The quantitative estimate of drug-likeness (QED) is 0.107. The number of allylic oxidation sites excluding steroid dienone is 1. The van der Waals surface area contributed by atoms with Gasteiger partial charge in [0.1, 0.15) is 16.3 Å². The summed E-state index contributed by atoms with van der Waals surface area (Å²) in [4.78, 5) is 25.8. The average Bonchev–Trinajstić information content (AvgIpc) is 3.54. The molecule has 2 aromatic heterocycles. The van der Waals surface area contributed by atoms with Crippen molar-refractivity contribution in [3.05, 3.63) is 87.5 Å². The molecule has 214 valence electrons. The van der Waals surface area contributed by atoms with Crippen molar-refractivity contribution in [2.75, 3.05) is 18.2 Å². The zero-order valence-electron chi connectivity index (χ0n) is 23.5. The van der Waals surface area contributed by atoms with Crippen molar-refractivity contribution in [3.8, 4) is 16.9 Å². The maximum Gasteiger partial charge on any atom is 0.341 e. The summed E-state index contributed by atoms with van der Waals surface area (Å²) in [7, 11) is 1.33. The van der Waals surface area contributed by atoms with Crippen LogP contribution in [0.25, 0.3) is 11.1 Å². The van der Waals surface area contributed by atoms with E-state index in [0.717, 1.165) is 27.8 Å². The van der Waals surface area contributed by atoms with E-state index in [2.05, 4.69) is 22.1 Å². The number of aryl methyl sites for hydroxylation is 3. The maximum absolute atomic E-state index is 13.0. The fourth-order valence-electron chi connectivity index (χ4n) is 4.23. The number of thioether (sulfide) groups is 1. The molecule has 1 amide bonds. The summed E-state index contributed by atoms with van der Waals surface area (Å²) in [5.74, 6) is 0.525. The molecule has 4 aromatic rings. The highest BCUT2D eigenvalue weighted by Crippen LogP contribution is 2.38. The summed E-state index contributed by atoms with van der Waals surface area (Å²) in [6, 6.07) is 11.5. The molecule has 2 aromatic carbocycles. The Morgan fingerprint density at radius 3 is 2.63 bits per heavy atom. The first-order valence-corrected chi connectivity index (χ1v) is 15.0. The van der Waals surface area contributed by atoms with Gasteiger partial charge in [-0.1, -0.05) is 53.2 Å². The number of halogens is 1. The predicted molar refractivity (Wildman–Crippen MR) is 165 cm³/mol. The third-order valence-electron chi connectivity index (χ3n) is 6.31. The number of ether oxygens (including phenoxy) is 2. The molecule has 0 aliphatic carbocycles. The van der Waals surface area contributed by atoms with E-state index >= 15 is 0 Å². The van der Waals surface area contributed by atoms with Crippen LogP contribution in [0.15, 0.2) is 59.6 Å². The first-order valence-electron chi connectivity index (χ1n) is 12.8. The lowest BCUT2D eigenvalue weighted by atomic mass is 9.97. The molecule has 1 atom stereocenters. The van der Waals surface area contributed by atoms with Crippen LogP contribution in [0.5, 0.6) is 5.75 Å². The van der Waals surface area contributed by atoms with Gasteiger partial charge in [-0.25, -0.2) is 4.79 Å². The molecule has 8 nitrogen and oxygen atoms in total. The number of aromatic nitrogens is 3. The number of benzene rings is 2. The van der Waals surface area contributed by atoms with Crippen molar-refractivity contribution in [2.45, 2.75) is 45.5 Å². The molecule has 0 saturated carbocycles. The van der Waals surface area contributed by atoms with Crippen LogP contribution in [0.2, 0.25) is 5.02 Å². The van der Waals surface area contributed by atoms with Gasteiger partial charge in [-0.05, 0) is 62.6 Å². The lowest BCUT2D eigenvalue weighted by Crippen LogP contribution is -2.17. The van der Waals surface area contributed by atoms with Gasteiger partial charge in [-0.15, -0.1) is 28.1 Å². The Bertz CT molecular complexity index is 1600. The van der Waals surface area contributed by atoms with Gasteiger partial charge in [0.15, 0.2) is 17.1 Å². The van der Waals surface area contributed by atoms with Gasteiger partial charge in [-0.3, -0.25) is 9.36 Å². The Morgan fingerprint density at radius 2 is 1.93 bits per heavy atom. The Morgan fingerprint density at radius 1 is 1.15 bits per heavy atom. The SMILES string of the molecule is C=CCn1c(SCC(=O)Nc2scc(-c3cc(C)ccc3C)c2C(=O)OC)nnc1C(C)Oc1ccc(Cl)c(C)c1. The van der Waals surface area contributed by atoms with E-state index in [4.69, 9.17) is 21.1 Å². The number of carbonyl (C=O) groups is 2. The minimum Gasteiger partial charge on any atom is -0.483 e. The van der Waals surface area contributed by atoms with Crippen LogP contribution in [0.4, 0.5) is 5.00 Å². The summed E-state index contributed by atoms with van der Waals surface area (Å²) < 4.78 is 13.0. The molecule has 1 N–H and O–H groups in total. The van der Waals surface area contributed by atoms with E-state index in [-0.39, 0.29) is 11.7 Å². The molecular formula is C30H31ClN4O4S2. The molecule has 0 aliphatic heterocycles. The minimum absolute atomic E-state index is 0.0538. The third-order valence-corrected chi connectivity index (χ3v) is 8.60. The normalized spacial score (nSPS) is 11.7. The highest BCUT2D eigenvalue weighted by molar-refractivity contribution is 7.99. The molecule has 0 aliphatic rings. The van der Waals surface area contributed by atoms with Gasteiger partial charge in [-0.2, -0.15) is 0 Å². The number of hydrogen-bond donors (Lipinski definition) is 1. The van der Waals surface area contributed by atoms with E-state index in [9.17, 15) is 9.59 Å². The Hall–Kier alpha value is -3.60. The van der Waals surface area contributed by atoms with Crippen LogP contribution < -0.4 is 10.1 Å². The lowest BCUT2D eigenvalue weighted by Gasteiger charge is -2.16. The fraction of sp³-hybridized carbons (Fsp3) is 0.267. The van der Waals surface area contributed by atoms with E-state index in [1.165, 1.54) is 30.2 Å². The van der Waals surface area contributed by atoms with Crippen molar-refractivity contribution in [1.29, 1.82) is 0 Å². The summed E-state index contributed by atoms with van der Waals surface area (Å²) in [5.41, 5.74) is 4.99. The van der Waals surface area contributed by atoms with Gasteiger partial charge in [0.2, 0.25) is 5.91 Å². The monoisotopic (exact) mass is 610 g/mol. The zero-order valence-corrected chi connectivity index (χ0v) is 25.9. The largest absolute Gasteiger partial charge is 0.483 e. The van der Waals surface area contributed by atoms with Gasteiger partial charge in [0.05, 0.1) is 12.9 Å². The number of thiophene rings is 1. The Balaban J connectivity index is 1.50. The Labute approximate surface area is 252 Å². The second kappa shape index (κ2) is 13.4. The average molecular weight is 611 g/mol. The maximum atomic E-state index is 13.0. The van der Waals surface area contributed by atoms with E-state index < -0.39 is 12.1 Å². The lowest BCUT2D eigenvalue weighted by molar-refractivity contribution is -0.113. The number of nitrogens with one attached hydrogen (secondary N) is 1. The van der Waals surface area contributed by atoms with Crippen molar-refractivity contribution >= 4 is 51.6 Å². The van der Waals surface area contributed by atoms with E-state index in [0.29, 0.717) is 38.9 Å². The molecule has 1 unspecified atom stereocenters. The first kappa shape index (κ1) is 30.4. The number of methoxy groups -OCH3 is 1. The number of rotatable bonds is 11. The predicted octanol–water partition coefficient (Wildman–Crippen LogP) is 7.43. The van der Waals surface area contributed by atoms with Crippen LogP contribution in [0, 0.1) is 20.8 Å². The fourth-order valence-corrected chi connectivity index (χ4v) is 6.06. The Kier molecular flexibility index (Phi) is 9.90. The summed E-state index contributed by atoms with van der Waals surface area (Å²) in [6.07, 6.45) is 1.32. The van der Waals surface area contributed by atoms with Crippen LogP contribution in [-0.4, -0.2) is 39.5 Å². The second-order valence-corrected chi connectivity index (χ2v) is 11.6. The summed E-state index contributed by atoms with van der Waals surface area (Å²) >= 11 is 8.66.